The first kappa shape index (κ1) is 23.1. The van der Waals surface area contributed by atoms with Gasteiger partial charge in [0.25, 0.3) is 6.01 Å². The lowest BCUT2D eigenvalue weighted by atomic mass is 10.0. The lowest BCUT2D eigenvalue weighted by Gasteiger charge is -2.15. The van der Waals surface area contributed by atoms with Gasteiger partial charge in [0.1, 0.15) is 24.6 Å². The number of H-pyrrole nitrogens is 2. The number of halogens is 1. The predicted molar refractivity (Wildman–Crippen MR) is 137 cm³/mol. The summed E-state index contributed by atoms with van der Waals surface area (Å²) >= 11 is 6.59. The van der Waals surface area contributed by atoms with Crippen LogP contribution in [-0.4, -0.2) is 72.5 Å². The van der Waals surface area contributed by atoms with Crippen molar-refractivity contribution < 1.29 is 19.3 Å². The molecule has 2 aliphatic heterocycles. The van der Waals surface area contributed by atoms with Crippen LogP contribution < -0.4 is 10.4 Å². The maximum absolute atomic E-state index is 11.3. The quantitative estimate of drug-likeness (QED) is 0.314. The number of hydrogen-bond acceptors (Lipinski definition) is 8. The predicted octanol–water partition coefficient (Wildman–Crippen LogP) is 2.73. The summed E-state index contributed by atoms with van der Waals surface area (Å²) in [5.41, 5.74) is 5.02. The number of nitrogens with one attached hydrogen (secondary N) is 2. The molecule has 5 aromatic rings. The first-order chi connectivity index (χ1) is 18.5. The van der Waals surface area contributed by atoms with Crippen LogP contribution in [0.25, 0.3) is 39.2 Å². The van der Waals surface area contributed by atoms with Crippen LogP contribution in [-0.2, 0) is 9.47 Å². The largest absolute Gasteiger partial charge is 0.456 e. The van der Waals surface area contributed by atoms with Crippen molar-refractivity contribution in [2.75, 3.05) is 13.2 Å². The normalized spacial score (nSPS) is 22.7. The molecule has 11 nitrogen and oxygen atoms in total. The third-order valence-electron chi connectivity index (χ3n) is 6.79. The van der Waals surface area contributed by atoms with E-state index in [1.165, 1.54) is 6.33 Å². The van der Waals surface area contributed by atoms with Crippen molar-refractivity contribution in [1.29, 1.82) is 0 Å². The first-order valence-electron chi connectivity index (χ1n) is 12.0. The number of aromatic amines is 2. The van der Waals surface area contributed by atoms with E-state index >= 15 is 0 Å². The maximum atomic E-state index is 11.3. The van der Waals surface area contributed by atoms with E-state index in [-0.39, 0.29) is 24.9 Å². The molecular formula is C26H21ClN6O5. The molecule has 192 valence electrons. The summed E-state index contributed by atoms with van der Waals surface area (Å²) in [5, 5.41) is 13.0. The number of ether oxygens (including phenoxy) is 3. The smallest absolute Gasteiger partial charge is 0.361 e. The van der Waals surface area contributed by atoms with Crippen LogP contribution in [0.2, 0.25) is 5.02 Å². The second kappa shape index (κ2) is 9.07. The van der Waals surface area contributed by atoms with E-state index in [1.54, 1.807) is 10.7 Å². The van der Waals surface area contributed by atoms with Crippen LogP contribution >= 0.6 is 11.6 Å². The standard InChI is InChI=1S/C26H21ClN6O5/c27-17-9-18-24(31-26(29-18)38-20-11-37-22-19(34)10-36-23(20)22)30-21(17)15-3-1-13(2-4-15)14-5-7-16(8-6-14)33-12-28-25(35)32-33/h1-9,12,19-20,22-23,34H,10-11H2,(H,32,35)(H,29,30,31)/t19-,20-,22-,23-/m1/s1. The third-order valence-corrected chi connectivity index (χ3v) is 7.08. The Labute approximate surface area is 220 Å². The van der Waals surface area contributed by atoms with E-state index in [0.29, 0.717) is 34.5 Å². The lowest BCUT2D eigenvalue weighted by molar-refractivity contribution is 0.00706. The summed E-state index contributed by atoms with van der Waals surface area (Å²) in [4.78, 5) is 27.2. The fourth-order valence-corrected chi connectivity index (χ4v) is 5.14. The van der Waals surface area contributed by atoms with Gasteiger partial charge in [0, 0.05) is 5.56 Å². The highest BCUT2D eigenvalue weighted by atomic mass is 35.5. The van der Waals surface area contributed by atoms with E-state index < -0.39 is 11.8 Å². The molecule has 2 saturated heterocycles. The van der Waals surface area contributed by atoms with Gasteiger partial charge >= 0.3 is 5.69 Å². The molecule has 0 spiro atoms. The third kappa shape index (κ3) is 4.05. The van der Waals surface area contributed by atoms with Crippen molar-refractivity contribution in [2.45, 2.75) is 24.4 Å². The highest BCUT2D eigenvalue weighted by Gasteiger charge is 2.48. The average molecular weight is 533 g/mol. The van der Waals surface area contributed by atoms with Gasteiger partial charge < -0.3 is 24.3 Å². The van der Waals surface area contributed by atoms with Gasteiger partial charge in [-0.2, -0.15) is 9.97 Å². The SMILES string of the molecule is O=c1ncn(-c2ccc(-c3ccc(-c4nc5nc(O[C@@H]6CO[C@H]7[C@@H]6OC[C@H]7O)[nH]c5cc4Cl)cc3)cc2)[nH]1. The molecule has 12 heteroatoms. The molecular weight excluding hydrogens is 512 g/mol. The Morgan fingerprint density at radius 2 is 1.68 bits per heavy atom. The van der Waals surface area contributed by atoms with E-state index in [9.17, 15) is 9.90 Å². The number of imidazole rings is 1. The summed E-state index contributed by atoms with van der Waals surface area (Å²) in [6.07, 6.45) is -0.299. The lowest BCUT2D eigenvalue weighted by Crippen LogP contribution is -2.34. The molecule has 4 atom stereocenters. The van der Waals surface area contributed by atoms with Gasteiger partial charge in [0.2, 0.25) is 0 Å². The Balaban J connectivity index is 1.11. The second-order valence-electron chi connectivity index (χ2n) is 9.21. The van der Waals surface area contributed by atoms with Crippen LogP contribution in [0.3, 0.4) is 0 Å². The number of fused-ring (bicyclic) bond motifs is 2. The maximum Gasteiger partial charge on any atom is 0.361 e. The number of rotatable bonds is 5. The molecule has 0 bridgehead atoms. The van der Waals surface area contributed by atoms with Gasteiger partial charge in [-0.25, -0.2) is 19.6 Å². The van der Waals surface area contributed by atoms with Crippen molar-refractivity contribution in [3.8, 4) is 34.1 Å². The molecule has 0 radical (unpaired) electrons. The zero-order chi connectivity index (χ0) is 25.8. The minimum absolute atomic E-state index is 0.230. The monoisotopic (exact) mass is 532 g/mol. The van der Waals surface area contributed by atoms with Gasteiger partial charge in [-0.1, -0.05) is 48.0 Å². The Kier molecular flexibility index (Phi) is 5.51. The minimum atomic E-state index is -0.646. The molecule has 3 N–H and O–H groups in total. The molecule has 2 aliphatic rings. The Bertz CT molecular complexity index is 1680. The molecule has 2 aromatic carbocycles. The fourth-order valence-electron chi connectivity index (χ4n) is 4.88. The number of nitrogens with zero attached hydrogens (tertiary/aromatic N) is 4. The van der Waals surface area contributed by atoms with Crippen LogP contribution in [0.1, 0.15) is 0 Å². The molecule has 0 aliphatic carbocycles. The molecule has 5 heterocycles. The van der Waals surface area contributed by atoms with Crippen molar-refractivity contribution >= 4 is 22.8 Å². The highest BCUT2D eigenvalue weighted by molar-refractivity contribution is 6.33. The Morgan fingerprint density at radius 1 is 0.974 bits per heavy atom. The van der Waals surface area contributed by atoms with Gasteiger partial charge in [-0.05, 0) is 29.3 Å². The van der Waals surface area contributed by atoms with Crippen molar-refractivity contribution in [3.05, 3.63) is 76.4 Å². The van der Waals surface area contributed by atoms with Gasteiger partial charge in [0.05, 0.1) is 35.1 Å². The molecule has 0 unspecified atom stereocenters. The zero-order valence-electron chi connectivity index (χ0n) is 19.7. The average Bonchev–Trinajstić information content (AvgIpc) is 3.71. The van der Waals surface area contributed by atoms with Crippen molar-refractivity contribution in [1.82, 2.24) is 29.7 Å². The topological polar surface area (TPSA) is 140 Å². The summed E-state index contributed by atoms with van der Waals surface area (Å²) in [6.45, 7) is 0.536. The van der Waals surface area contributed by atoms with E-state index in [2.05, 4.69) is 25.0 Å². The number of pyridine rings is 1. The summed E-state index contributed by atoms with van der Waals surface area (Å²) in [5.74, 6) is 0. The second-order valence-corrected chi connectivity index (χ2v) is 9.61. The molecule has 3 aromatic heterocycles. The number of aromatic nitrogens is 6. The van der Waals surface area contributed by atoms with Crippen LogP contribution in [0.4, 0.5) is 0 Å². The van der Waals surface area contributed by atoms with E-state index in [4.69, 9.17) is 25.8 Å². The zero-order valence-corrected chi connectivity index (χ0v) is 20.5. The van der Waals surface area contributed by atoms with Gasteiger partial charge in [0.15, 0.2) is 11.8 Å². The van der Waals surface area contributed by atoms with Gasteiger partial charge in [-0.3, -0.25) is 0 Å². The Morgan fingerprint density at radius 3 is 2.42 bits per heavy atom. The van der Waals surface area contributed by atoms with Crippen LogP contribution in [0.5, 0.6) is 6.01 Å². The Hall–Kier alpha value is -4.03. The first-order valence-corrected chi connectivity index (χ1v) is 12.4. The van der Waals surface area contributed by atoms with E-state index in [1.807, 2.05) is 48.5 Å². The summed E-state index contributed by atoms with van der Waals surface area (Å²) in [6, 6.07) is 17.7. The summed E-state index contributed by atoms with van der Waals surface area (Å²) in [7, 11) is 0. The van der Waals surface area contributed by atoms with Crippen molar-refractivity contribution in [3.63, 3.8) is 0 Å². The number of aliphatic hydroxyl groups excluding tert-OH is 1. The van der Waals surface area contributed by atoms with Gasteiger partial charge in [-0.15, -0.1) is 0 Å². The fraction of sp³-hybridized carbons (Fsp3) is 0.231. The van der Waals surface area contributed by atoms with Crippen LogP contribution in [0, 0.1) is 0 Å². The summed E-state index contributed by atoms with van der Waals surface area (Å²) < 4.78 is 18.8. The number of hydrogen-bond donors (Lipinski definition) is 3. The van der Waals surface area contributed by atoms with Crippen LogP contribution in [0.15, 0.2) is 65.7 Å². The minimum Gasteiger partial charge on any atom is -0.456 e. The molecule has 2 fully saturated rings. The highest BCUT2D eigenvalue weighted by Crippen LogP contribution is 2.33. The molecule has 7 rings (SSSR count). The number of benzene rings is 2. The number of aliphatic hydroxyl groups is 1. The molecule has 0 saturated carbocycles. The van der Waals surface area contributed by atoms with E-state index in [0.717, 1.165) is 22.4 Å². The molecule has 0 amide bonds. The molecule has 38 heavy (non-hydrogen) atoms. The van der Waals surface area contributed by atoms with Crippen molar-refractivity contribution in [2.24, 2.45) is 0 Å².